The summed E-state index contributed by atoms with van der Waals surface area (Å²) < 4.78 is 5.13. The fourth-order valence-electron chi connectivity index (χ4n) is 4.78. The standard InChI is InChI=1S/C25H36N6O2/c1-20-18-30(24-27-16-23(33-2)17-28-24)14-15-31(20)25(32)26-11-8-21-9-12-29(13-10-21)19-22-6-4-3-5-7-22/h3-7,16-17,20-21H,8-15,18-19H2,1-2H3,(H,26,32)/t20-/m1/s1. The number of aromatic nitrogens is 2. The Morgan fingerprint density at radius 3 is 2.48 bits per heavy atom. The highest BCUT2D eigenvalue weighted by Gasteiger charge is 2.28. The zero-order chi connectivity index (χ0) is 23.0. The molecule has 33 heavy (non-hydrogen) atoms. The number of nitrogens with zero attached hydrogens (tertiary/aromatic N) is 5. The van der Waals surface area contributed by atoms with E-state index in [1.165, 1.54) is 18.4 Å². The van der Waals surface area contributed by atoms with E-state index in [0.717, 1.165) is 45.7 Å². The summed E-state index contributed by atoms with van der Waals surface area (Å²) in [6, 6.07) is 10.8. The molecule has 2 saturated heterocycles. The summed E-state index contributed by atoms with van der Waals surface area (Å²) in [5.74, 6) is 2.02. The number of anilines is 1. The fourth-order valence-corrected chi connectivity index (χ4v) is 4.78. The van der Waals surface area contributed by atoms with Gasteiger partial charge in [0, 0.05) is 38.8 Å². The summed E-state index contributed by atoms with van der Waals surface area (Å²) >= 11 is 0. The van der Waals surface area contributed by atoms with Gasteiger partial charge in [-0.1, -0.05) is 30.3 Å². The van der Waals surface area contributed by atoms with Crippen molar-refractivity contribution in [2.24, 2.45) is 5.92 Å². The molecule has 0 bridgehead atoms. The van der Waals surface area contributed by atoms with Crippen molar-refractivity contribution in [1.29, 1.82) is 0 Å². The topological polar surface area (TPSA) is 73.8 Å². The molecule has 8 nitrogen and oxygen atoms in total. The van der Waals surface area contributed by atoms with E-state index in [-0.39, 0.29) is 12.1 Å². The number of urea groups is 1. The number of hydrogen-bond donors (Lipinski definition) is 1. The van der Waals surface area contributed by atoms with Crippen molar-refractivity contribution in [3.8, 4) is 5.75 Å². The maximum absolute atomic E-state index is 12.8. The summed E-state index contributed by atoms with van der Waals surface area (Å²) in [6.45, 7) is 8.26. The molecule has 3 heterocycles. The van der Waals surface area contributed by atoms with Gasteiger partial charge in [0.2, 0.25) is 5.95 Å². The average molecular weight is 453 g/mol. The molecule has 0 spiro atoms. The molecule has 1 aromatic carbocycles. The number of ether oxygens (including phenoxy) is 1. The summed E-state index contributed by atoms with van der Waals surface area (Å²) in [4.78, 5) is 28.1. The van der Waals surface area contributed by atoms with E-state index in [9.17, 15) is 4.79 Å². The van der Waals surface area contributed by atoms with Gasteiger partial charge in [0.1, 0.15) is 0 Å². The van der Waals surface area contributed by atoms with E-state index in [4.69, 9.17) is 4.74 Å². The maximum atomic E-state index is 12.8. The van der Waals surface area contributed by atoms with Gasteiger partial charge in [0.15, 0.2) is 5.75 Å². The number of carbonyl (C=O) groups excluding carboxylic acids is 1. The third-order valence-electron chi connectivity index (χ3n) is 6.81. The predicted octanol–water partition coefficient (Wildman–Crippen LogP) is 3.01. The second kappa shape index (κ2) is 11.3. The van der Waals surface area contributed by atoms with Crippen molar-refractivity contribution in [3.05, 3.63) is 48.3 Å². The lowest BCUT2D eigenvalue weighted by molar-refractivity contribution is 0.162. The first kappa shape index (κ1) is 23.3. The highest BCUT2D eigenvalue weighted by molar-refractivity contribution is 5.74. The highest BCUT2D eigenvalue weighted by atomic mass is 16.5. The van der Waals surface area contributed by atoms with Gasteiger partial charge in [-0.2, -0.15) is 0 Å². The Morgan fingerprint density at radius 1 is 1.09 bits per heavy atom. The van der Waals surface area contributed by atoms with Gasteiger partial charge in [0.05, 0.1) is 19.5 Å². The van der Waals surface area contributed by atoms with Crippen LogP contribution in [0.5, 0.6) is 5.75 Å². The smallest absolute Gasteiger partial charge is 0.317 e. The molecule has 2 fully saturated rings. The van der Waals surface area contributed by atoms with Gasteiger partial charge in [0.25, 0.3) is 0 Å². The van der Waals surface area contributed by atoms with Crippen LogP contribution in [-0.4, -0.2) is 78.2 Å². The van der Waals surface area contributed by atoms with E-state index in [1.807, 2.05) is 4.90 Å². The van der Waals surface area contributed by atoms with Crippen LogP contribution in [0.1, 0.15) is 31.7 Å². The first-order valence-electron chi connectivity index (χ1n) is 12.0. The lowest BCUT2D eigenvalue weighted by Gasteiger charge is -2.39. The Hall–Kier alpha value is -2.87. The zero-order valence-electron chi connectivity index (χ0n) is 19.8. The molecule has 2 aliphatic heterocycles. The molecule has 0 radical (unpaired) electrons. The Morgan fingerprint density at radius 2 is 1.82 bits per heavy atom. The van der Waals surface area contributed by atoms with Crippen LogP contribution >= 0.6 is 0 Å². The summed E-state index contributed by atoms with van der Waals surface area (Å²) in [5.41, 5.74) is 1.39. The third kappa shape index (κ3) is 6.35. The molecular weight excluding hydrogens is 416 g/mol. The van der Waals surface area contributed by atoms with Gasteiger partial charge < -0.3 is 19.9 Å². The third-order valence-corrected chi connectivity index (χ3v) is 6.81. The molecule has 0 unspecified atom stereocenters. The molecular formula is C25H36N6O2. The molecule has 2 amide bonds. The Kier molecular flexibility index (Phi) is 7.99. The molecule has 8 heteroatoms. The maximum Gasteiger partial charge on any atom is 0.317 e. The van der Waals surface area contributed by atoms with Gasteiger partial charge in [-0.05, 0) is 50.8 Å². The van der Waals surface area contributed by atoms with E-state index in [0.29, 0.717) is 24.2 Å². The first-order valence-corrected chi connectivity index (χ1v) is 12.0. The normalized spacial score (nSPS) is 20.0. The number of methoxy groups -OCH3 is 1. The SMILES string of the molecule is COc1cnc(N2CCN(C(=O)NCCC3CCN(Cc4ccccc4)CC3)[C@H](C)C2)nc1. The lowest BCUT2D eigenvalue weighted by atomic mass is 9.93. The number of nitrogens with one attached hydrogen (secondary N) is 1. The van der Waals surface area contributed by atoms with Crippen LogP contribution in [0.3, 0.4) is 0 Å². The molecule has 178 valence electrons. The predicted molar refractivity (Wildman–Crippen MR) is 129 cm³/mol. The van der Waals surface area contributed by atoms with Crippen molar-refractivity contribution in [2.45, 2.75) is 38.8 Å². The Labute approximate surface area is 196 Å². The molecule has 4 rings (SSSR count). The number of hydrogen-bond acceptors (Lipinski definition) is 6. The van der Waals surface area contributed by atoms with Crippen LogP contribution < -0.4 is 15.0 Å². The molecule has 0 saturated carbocycles. The van der Waals surface area contributed by atoms with E-state index in [2.05, 4.69) is 62.3 Å². The first-order chi connectivity index (χ1) is 16.1. The minimum atomic E-state index is 0.0410. The fraction of sp³-hybridized carbons (Fsp3) is 0.560. The van der Waals surface area contributed by atoms with Gasteiger partial charge in [-0.3, -0.25) is 4.90 Å². The minimum Gasteiger partial charge on any atom is -0.494 e. The number of rotatable bonds is 7. The quantitative estimate of drug-likeness (QED) is 0.696. The largest absolute Gasteiger partial charge is 0.494 e. The monoisotopic (exact) mass is 452 g/mol. The number of likely N-dealkylation sites (tertiary alicyclic amines) is 1. The number of piperazine rings is 1. The minimum absolute atomic E-state index is 0.0410. The molecule has 2 aliphatic rings. The van der Waals surface area contributed by atoms with Crippen molar-refractivity contribution < 1.29 is 9.53 Å². The van der Waals surface area contributed by atoms with E-state index >= 15 is 0 Å². The van der Waals surface area contributed by atoms with Gasteiger partial charge >= 0.3 is 6.03 Å². The molecule has 1 atom stereocenters. The number of carbonyl (C=O) groups is 1. The molecule has 1 aromatic heterocycles. The highest BCUT2D eigenvalue weighted by Crippen LogP contribution is 2.22. The molecule has 0 aliphatic carbocycles. The molecule has 2 aromatic rings. The van der Waals surface area contributed by atoms with Crippen molar-refractivity contribution in [2.75, 3.05) is 51.3 Å². The number of benzene rings is 1. The van der Waals surface area contributed by atoms with Crippen LogP contribution in [0, 0.1) is 5.92 Å². The zero-order valence-corrected chi connectivity index (χ0v) is 19.8. The van der Waals surface area contributed by atoms with Crippen LogP contribution in [0.4, 0.5) is 10.7 Å². The van der Waals surface area contributed by atoms with Crippen LogP contribution in [0.2, 0.25) is 0 Å². The van der Waals surface area contributed by atoms with Gasteiger partial charge in [-0.25, -0.2) is 14.8 Å². The van der Waals surface area contributed by atoms with Crippen molar-refractivity contribution >= 4 is 12.0 Å². The summed E-state index contributed by atoms with van der Waals surface area (Å²) in [7, 11) is 1.60. The number of piperidine rings is 1. The Balaban J connectivity index is 1.15. The number of amides is 2. The van der Waals surface area contributed by atoms with Crippen LogP contribution in [-0.2, 0) is 6.54 Å². The second-order valence-corrected chi connectivity index (χ2v) is 9.14. The Bertz CT molecular complexity index is 870. The van der Waals surface area contributed by atoms with E-state index < -0.39 is 0 Å². The lowest BCUT2D eigenvalue weighted by Crippen LogP contribution is -2.57. The molecule has 1 N–H and O–H groups in total. The van der Waals surface area contributed by atoms with Crippen LogP contribution in [0.25, 0.3) is 0 Å². The second-order valence-electron chi connectivity index (χ2n) is 9.14. The summed E-state index contributed by atoms with van der Waals surface area (Å²) in [5, 5.41) is 3.16. The van der Waals surface area contributed by atoms with Gasteiger partial charge in [-0.15, -0.1) is 0 Å². The van der Waals surface area contributed by atoms with Crippen molar-refractivity contribution in [1.82, 2.24) is 25.1 Å². The van der Waals surface area contributed by atoms with E-state index in [1.54, 1.807) is 19.5 Å². The summed E-state index contributed by atoms with van der Waals surface area (Å²) in [6.07, 6.45) is 6.83. The average Bonchev–Trinajstić information content (AvgIpc) is 2.85. The van der Waals surface area contributed by atoms with Crippen molar-refractivity contribution in [3.63, 3.8) is 0 Å². The van der Waals surface area contributed by atoms with Crippen LogP contribution in [0.15, 0.2) is 42.7 Å².